The smallest absolute Gasteiger partial charge is 0.416 e. The van der Waals surface area contributed by atoms with Crippen molar-refractivity contribution in [2.45, 2.75) is 20.0 Å². The highest BCUT2D eigenvalue weighted by Crippen LogP contribution is 2.33. The molecule has 2 N–H and O–H groups in total. The Hall–Kier alpha value is -3.52. The summed E-state index contributed by atoms with van der Waals surface area (Å²) in [5, 5.41) is 5.12. The van der Waals surface area contributed by atoms with Gasteiger partial charge in [-0.05, 0) is 73.5 Å². The molecule has 0 radical (unpaired) electrons. The van der Waals surface area contributed by atoms with Crippen molar-refractivity contribution in [2.24, 2.45) is 0 Å². The lowest BCUT2D eigenvalue weighted by atomic mass is 10.1. The molecule has 0 saturated carbocycles. The van der Waals surface area contributed by atoms with Crippen LogP contribution in [0.5, 0.6) is 5.75 Å². The van der Waals surface area contributed by atoms with Crippen LogP contribution < -0.4 is 15.4 Å². The Kier molecular flexibility index (Phi) is 7.28. The Balaban J connectivity index is 1.58. The summed E-state index contributed by atoms with van der Waals surface area (Å²) in [4.78, 5) is 24.6. The molecule has 5 nitrogen and oxygen atoms in total. The minimum Gasteiger partial charge on any atom is -0.484 e. The van der Waals surface area contributed by atoms with Crippen molar-refractivity contribution in [3.8, 4) is 5.75 Å². The SMILES string of the molecule is Cc1ccc(C)c(NC(=O)c2ccc(OCC(=O)Nc3cc(C(F)(F)F)ccc3Cl)cc2)c1. The molecule has 0 aromatic heterocycles. The zero-order valence-electron chi connectivity index (χ0n) is 17.7. The van der Waals surface area contributed by atoms with Gasteiger partial charge in [0.1, 0.15) is 5.75 Å². The molecule has 0 bridgehead atoms. The van der Waals surface area contributed by atoms with E-state index in [1.54, 1.807) is 0 Å². The first-order chi connectivity index (χ1) is 15.5. The molecule has 0 unspecified atom stereocenters. The van der Waals surface area contributed by atoms with Gasteiger partial charge in [-0.2, -0.15) is 13.2 Å². The van der Waals surface area contributed by atoms with Crippen LogP contribution in [0.2, 0.25) is 5.02 Å². The van der Waals surface area contributed by atoms with Crippen LogP contribution in [-0.4, -0.2) is 18.4 Å². The van der Waals surface area contributed by atoms with Crippen LogP contribution in [0.3, 0.4) is 0 Å². The average molecular weight is 477 g/mol. The summed E-state index contributed by atoms with van der Waals surface area (Å²) < 4.78 is 43.9. The van der Waals surface area contributed by atoms with E-state index in [1.807, 2.05) is 32.0 Å². The summed E-state index contributed by atoms with van der Waals surface area (Å²) in [6.07, 6.45) is -4.56. The Bertz CT molecular complexity index is 1180. The zero-order chi connectivity index (χ0) is 24.2. The van der Waals surface area contributed by atoms with E-state index >= 15 is 0 Å². The minimum absolute atomic E-state index is 0.0319. The lowest BCUT2D eigenvalue weighted by molar-refractivity contribution is -0.137. The zero-order valence-corrected chi connectivity index (χ0v) is 18.5. The highest BCUT2D eigenvalue weighted by Gasteiger charge is 2.31. The van der Waals surface area contributed by atoms with E-state index in [1.165, 1.54) is 24.3 Å². The first kappa shape index (κ1) is 24.1. The van der Waals surface area contributed by atoms with Crippen molar-refractivity contribution < 1.29 is 27.5 Å². The van der Waals surface area contributed by atoms with Crippen LogP contribution in [0, 0.1) is 13.8 Å². The normalized spacial score (nSPS) is 11.1. The monoisotopic (exact) mass is 476 g/mol. The van der Waals surface area contributed by atoms with Crippen LogP contribution in [0.1, 0.15) is 27.0 Å². The van der Waals surface area contributed by atoms with Crippen LogP contribution in [0.4, 0.5) is 24.5 Å². The molecular formula is C24H20ClF3N2O3. The van der Waals surface area contributed by atoms with E-state index in [2.05, 4.69) is 10.6 Å². The average Bonchev–Trinajstić information content (AvgIpc) is 2.76. The van der Waals surface area contributed by atoms with Crippen LogP contribution >= 0.6 is 11.6 Å². The first-order valence-electron chi connectivity index (χ1n) is 9.81. The molecule has 3 aromatic carbocycles. The van der Waals surface area contributed by atoms with E-state index in [4.69, 9.17) is 16.3 Å². The fourth-order valence-electron chi connectivity index (χ4n) is 2.90. The number of nitrogens with one attached hydrogen (secondary N) is 2. The molecule has 2 amide bonds. The summed E-state index contributed by atoms with van der Waals surface area (Å²) in [6, 6.07) is 14.5. The summed E-state index contributed by atoms with van der Waals surface area (Å²) >= 11 is 5.87. The number of ether oxygens (including phenoxy) is 1. The number of rotatable bonds is 6. The van der Waals surface area contributed by atoms with E-state index in [0.29, 0.717) is 17.0 Å². The van der Waals surface area contributed by atoms with Crippen molar-refractivity contribution >= 4 is 34.8 Å². The third-order valence-corrected chi connectivity index (χ3v) is 5.03. The third-order valence-electron chi connectivity index (χ3n) is 4.70. The van der Waals surface area contributed by atoms with Crippen LogP contribution in [0.25, 0.3) is 0 Å². The molecular weight excluding hydrogens is 457 g/mol. The van der Waals surface area contributed by atoms with Gasteiger partial charge in [-0.1, -0.05) is 23.7 Å². The lowest BCUT2D eigenvalue weighted by Crippen LogP contribution is -2.21. The highest BCUT2D eigenvalue weighted by atomic mass is 35.5. The fraction of sp³-hybridized carbons (Fsp3) is 0.167. The molecule has 0 aliphatic heterocycles. The number of halogens is 4. The number of alkyl halides is 3. The van der Waals surface area contributed by atoms with Crippen molar-refractivity contribution in [2.75, 3.05) is 17.2 Å². The van der Waals surface area contributed by atoms with Gasteiger partial charge in [-0.25, -0.2) is 0 Å². The Morgan fingerprint density at radius 3 is 2.27 bits per heavy atom. The molecule has 0 aliphatic rings. The second-order valence-corrected chi connectivity index (χ2v) is 7.73. The molecule has 0 heterocycles. The predicted molar refractivity (Wildman–Crippen MR) is 121 cm³/mol. The van der Waals surface area contributed by atoms with Crippen molar-refractivity contribution in [3.05, 3.63) is 87.9 Å². The lowest BCUT2D eigenvalue weighted by Gasteiger charge is -2.12. The van der Waals surface area contributed by atoms with E-state index in [0.717, 1.165) is 29.3 Å². The second-order valence-electron chi connectivity index (χ2n) is 7.33. The number of amides is 2. The van der Waals surface area contributed by atoms with Gasteiger partial charge in [0.05, 0.1) is 16.3 Å². The predicted octanol–water partition coefficient (Wildman–Crippen LogP) is 6.25. The number of hydrogen-bond donors (Lipinski definition) is 2. The van der Waals surface area contributed by atoms with Crippen molar-refractivity contribution in [1.29, 1.82) is 0 Å². The topological polar surface area (TPSA) is 67.4 Å². The molecule has 0 aliphatic carbocycles. The molecule has 0 saturated heterocycles. The number of aryl methyl sites for hydroxylation is 2. The third kappa shape index (κ3) is 6.49. The molecule has 9 heteroatoms. The molecule has 33 heavy (non-hydrogen) atoms. The van der Waals surface area contributed by atoms with Crippen molar-refractivity contribution in [3.63, 3.8) is 0 Å². The Morgan fingerprint density at radius 1 is 0.909 bits per heavy atom. The first-order valence-corrected chi connectivity index (χ1v) is 10.2. The summed E-state index contributed by atoms with van der Waals surface area (Å²) in [5.41, 5.74) is 1.95. The van der Waals surface area contributed by atoms with E-state index < -0.39 is 24.3 Å². The molecule has 3 rings (SSSR count). The summed E-state index contributed by atoms with van der Waals surface area (Å²) in [5.74, 6) is -0.677. The number of anilines is 2. The van der Waals surface area contributed by atoms with Gasteiger partial charge < -0.3 is 15.4 Å². The van der Waals surface area contributed by atoms with E-state index in [-0.39, 0.29) is 16.6 Å². The fourth-order valence-corrected chi connectivity index (χ4v) is 3.06. The number of hydrogen-bond acceptors (Lipinski definition) is 3. The van der Waals surface area contributed by atoms with Gasteiger partial charge in [0.15, 0.2) is 6.61 Å². The van der Waals surface area contributed by atoms with Gasteiger partial charge in [-0.3, -0.25) is 9.59 Å². The minimum atomic E-state index is -4.56. The summed E-state index contributed by atoms with van der Waals surface area (Å²) in [7, 11) is 0. The second kappa shape index (κ2) is 9.95. The maximum Gasteiger partial charge on any atom is 0.416 e. The van der Waals surface area contributed by atoms with Gasteiger partial charge in [0.2, 0.25) is 0 Å². The Morgan fingerprint density at radius 2 is 1.61 bits per heavy atom. The van der Waals surface area contributed by atoms with Crippen molar-refractivity contribution in [1.82, 2.24) is 0 Å². The molecule has 172 valence electrons. The van der Waals surface area contributed by atoms with Gasteiger partial charge in [-0.15, -0.1) is 0 Å². The van der Waals surface area contributed by atoms with E-state index in [9.17, 15) is 22.8 Å². The standard InChI is InChI=1S/C24H20ClF3N2O3/c1-14-3-4-15(2)20(11-14)30-23(32)16-5-8-18(9-6-16)33-13-22(31)29-21-12-17(24(26,27)28)7-10-19(21)25/h3-12H,13H2,1-2H3,(H,29,31)(H,30,32). The van der Waals surface area contributed by atoms with Crippen LogP contribution in [0.15, 0.2) is 60.7 Å². The molecule has 0 atom stereocenters. The summed E-state index contributed by atoms with van der Waals surface area (Å²) in [6.45, 7) is 3.36. The largest absolute Gasteiger partial charge is 0.484 e. The quantitative estimate of drug-likeness (QED) is 0.442. The van der Waals surface area contributed by atoms with Gasteiger partial charge in [0, 0.05) is 11.3 Å². The highest BCUT2D eigenvalue weighted by molar-refractivity contribution is 6.33. The van der Waals surface area contributed by atoms with Gasteiger partial charge in [0.25, 0.3) is 11.8 Å². The van der Waals surface area contributed by atoms with Gasteiger partial charge >= 0.3 is 6.18 Å². The maximum atomic E-state index is 12.8. The Labute approximate surface area is 193 Å². The molecule has 0 fully saturated rings. The molecule has 3 aromatic rings. The van der Waals surface area contributed by atoms with Crippen LogP contribution in [-0.2, 0) is 11.0 Å². The maximum absolute atomic E-state index is 12.8. The number of benzene rings is 3. The number of carbonyl (C=O) groups excluding carboxylic acids is 2. The number of carbonyl (C=O) groups is 2. The molecule has 0 spiro atoms.